The minimum absolute atomic E-state index is 0.348. The second-order valence-electron chi connectivity index (χ2n) is 3.87. The molecule has 14 heavy (non-hydrogen) atoms. The Morgan fingerprint density at radius 2 is 2.21 bits per heavy atom. The average molecular weight is 256 g/mol. The molecule has 1 aromatic carbocycles. The normalized spacial score (nSPS) is 32.1. The number of hydrogen-bond acceptors (Lipinski definition) is 2. The van der Waals surface area contributed by atoms with E-state index in [1.807, 2.05) is 18.2 Å². The van der Waals surface area contributed by atoms with E-state index in [2.05, 4.69) is 41.2 Å². The van der Waals surface area contributed by atoms with E-state index in [1.165, 1.54) is 0 Å². The van der Waals surface area contributed by atoms with Crippen molar-refractivity contribution in [3.63, 3.8) is 0 Å². The molecule has 1 fully saturated rings. The average Bonchev–Trinajstić information content (AvgIpc) is 2.48. The summed E-state index contributed by atoms with van der Waals surface area (Å²) >= 11 is 3.54. The smallest absolute Gasteiger partial charge is 0.143 e. The molecular weight excluding hydrogens is 242 g/mol. The van der Waals surface area contributed by atoms with E-state index in [0.29, 0.717) is 6.04 Å². The Kier molecular flexibility index (Phi) is 2.64. The van der Waals surface area contributed by atoms with Gasteiger partial charge in [-0.2, -0.15) is 0 Å². The second-order valence-corrected chi connectivity index (χ2v) is 4.72. The predicted octanol–water partition coefficient (Wildman–Crippen LogP) is 2.63. The molecule has 0 bridgehead atoms. The Morgan fingerprint density at radius 1 is 1.50 bits per heavy atom. The first-order valence-electron chi connectivity index (χ1n) is 4.78. The van der Waals surface area contributed by atoms with Crippen LogP contribution in [0.5, 0.6) is 0 Å². The van der Waals surface area contributed by atoms with E-state index in [0.717, 1.165) is 16.6 Å². The molecular formula is C11H14BrNO. The van der Waals surface area contributed by atoms with Gasteiger partial charge in [0.15, 0.2) is 0 Å². The van der Waals surface area contributed by atoms with E-state index < -0.39 is 0 Å². The van der Waals surface area contributed by atoms with Gasteiger partial charge in [-0.15, -0.1) is 0 Å². The van der Waals surface area contributed by atoms with Gasteiger partial charge in [-0.3, -0.25) is 5.32 Å². The third-order valence-electron chi connectivity index (χ3n) is 2.53. The summed E-state index contributed by atoms with van der Waals surface area (Å²) in [6.45, 7) is 4.95. The fourth-order valence-corrected chi connectivity index (χ4v) is 2.51. The molecule has 76 valence electrons. The van der Waals surface area contributed by atoms with Crippen molar-refractivity contribution >= 4 is 15.9 Å². The van der Waals surface area contributed by atoms with Crippen LogP contribution in [0.25, 0.3) is 0 Å². The van der Waals surface area contributed by atoms with Crippen molar-refractivity contribution in [1.82, 2.24) is 5.32 Å². The van der Waals surface area contributed by atoms with Crippen LogP contribution >= 0.6 is 15.9 Å². The van der Waals surface area contributed by atoms with E-state index >= 15 is 0 Å². The number of hydrogen-bond donors (Lipinski definition) is 1. The molecule has 0 radical (unpaired) electrons. The second kappa shape index (κ2) is 3.65. The lowest BCUT2D eigenvalue weighted by atomic mass is 10.1. The van der Waals surface area contributed by atoms with Gasteiger partial charge in [0, 0.05) is 16.1 Å². The van der Waals surface area contributed by atoms with E-state index in [9.17, 15) is 0 Å². The van der Waals surface area contributed by atoms with Crippen LogP contribution in [0.1, 0.15) is 19.4 Å². The van der Waals surface area contributed by atoms with Crippen molar-refractivity contribution < 1.29 is 4.74 Å². The first-order chi connectivity index (χ1) is 6.62. The van der Waals surface area contributed by atoms with Gasteiger partial charge in [-0.25, -0.2) is 0 Å². The summed E-state index contributed by atoms with van der Waals surface area (Å²) in [6, 6.07) is 8.56. The van der Waals surface area contributed by atoms with Crippen LogP contribution in [0.15, 0.2) is 28.7 Å². The Morgan fingerprint density at radius 3 is 2.79 bits per heavy atom. The van der Waals surface area contributed by atoms with Gasteiger partial charge in [0.25, 0.3) is 0 Å². The van der Waals surface area contributed by atoms with Gasteiger partial charge < -0.3 is 4.74 Å². The lowest BCUT2D eigenvalue weighted by molar-refractivity contribution is 0.00177. The Labute approximate surface area is 92.8 Å². The fourth-order valence-electron chi connectivity index (χ4n) is 1.85. The summed E-state index contributed by atoms with van der Waals surface area (Å²) in [5.74, 6) is 0. The van der Waals surface area contributed by atoms with Gasteiger partial charge in [0.1, 0.15) is 5.72 Å². The molecule has 0 aliphatic carbocycles. The molecule has 0 amide bonds. The summed E-state index contributed by atoms with van der Waals surface area (Å²) in [4.78, 5) is 0. The highest BCUT2D eigenvalue weighted by molar-refractivity contribution is 9.10. The molecule has 1 saturated heterocycles. The van der Waals surface area contributed by atoms with Crippen molar-refractivity contribution in [2.24, 2.45) is 0 Å². The first kappa shape index (κ1) is 10.1. The largest absolute Gasteiger partial charge is 0.355 e. The molecule has 1 aliphatic heterocycles. The first-order valence-corrected chi connectivity index (χ1v) is 5.58. The zero-order valence-electron chi connectivity index (χ0n) is 8.38. The molecule has 3 heteroatoms. The summed E-state index contributed by atoms with van der Waals surface area (Å²) in [6.07, 6.45) is 0. The zero-order valence-corrected chi connectivity index (χ0v) is 9.97. The van der Waals surface area contributed by atoms with Crippen LogP contribution in [0, 0.1) is 0 Å². The molecule has 1 N–H and O–H groups in total. The molecule has 0 aromatic heterocycles. The molecule has 1 aromatic rings. The molecule has 2 unspecified atom stereocenters. The third-order valence-corrected chi connectivity index (χ3v) is 3.22. The van der Waals surface area contributed by atoms with Crippen LogP contribution in [0.3, 0.4) is 0 Å². The van der Waals surface area contributed by atoms with Crippen LogP contribution < -0.4 is 5.32 Å². The Bertz CT molecular complexity index is 342. The number of nitrogens with one attached hydrogen (secondary N) is 1. The van der Waals surface area contributed by atoms with Crippen molar-refractivity contribution in [2.75, 3.05) is 6.61 Å². The fraction of sp³-hybridized carbons (Fsp3) is 0.455. The Balaban J connectivity index is 2.35. The van der Waals surface area contributed by atoms with E-state index in [1.54, 1.807) is 0 Å². The topological polar surface area (TPSA) is 21.3 Å². The highest BCUT2D eigenvalue weighted by Gasteiger charge is 2.36. The number of halogens is 1. The summed E-state index contributed by atoms with van der Waals surface area (Å²) in [5, 5.41) is 3.44. The third kappa shape index (κ3) is 1.72. The zero-order chi connectivity index (χ0) is 10.2. The van der Waals surface area contributed by atoms with Crippen LogP contribution in [0.4, 0.5) is 0 Å². The summed E-state index contributed by atoms with van der Waals surface area (Å²) in [7, 11) is 0. The SMILES string of the molecule is CC1COC(C)(c2ccccc2Br)N1. The maximum atomic E-state index is 5.78. The molecule has 2 atom stereocenters. The summed E-state index contributed by atoms with van der Waals surface area (Å²) < 4.78 is 6.87. The van der Waals surface area contributed by atoms with Gasteiger partial charge in [0.2, 0.25) is 0 Å². The lowest BCUT2D eigenvalue weighted by Crippen LogP contribution is -2.37. The number of rotatable bonds is 1. The Hall–Kier alpha value is -0.380. The van der Waals surface area contributed by atoms with Gasteiger partial charge in [-0.1, -0.05) is 34.1 Å². The molecule has 0 saturated carbocycles. The molecule has 1 aliphatic rings. The highest BCUT2D eigenvalue weighted by Crippen LogP contribution is 2.32. The lowest BCUT2D eigenvalue weighted by Gasteiger charge is -2.25. The maximum Gasteiger partial charge on any atom is 0.143 e. The van der Waals surface area contributed by atoms with E-state index in [4.69, 9.17) is 4.74 Å². The van der Waals surface area contributed by atoms with Crippen molar-refractivity contribution in [3.8, 4) is 0 Å². The number of benzene rings is 1. The van der Waals surface area contributed by atoms with Crippen LogP contribution in [0.2, 0.25) is 0 Å². The predicted molar refractivity (Wildman–Crippen MR) is 60.0 cm³/mol. The standard InChI is InChI=1S/C11H14BrNO/c1-8-7-14-11(2,13-8)9-5-3-4-6-10(9)12/h3-6,8,13H,7H2,1-2H3. The van der Waals surface area contributed by atoms with Gasteiger partial charge in [0.05, 0.1) is 6.61 Å². The van der Waals surface area contributed by atoms with Crippen molar-refractivity contribution in [2.45, 2.75) is 25.6 Å². The maximum absolute atomic E-state index is 5.78. The minimum Gasteiger partial charge on any atom is -0.355 e. The molecule has 0 spiro atoms. The highest BCUT2D eigenvalue weighted by atomic mass is 79.9. The minimum atomic E-state index is -0.348. The van der Waals surface area contributed by atoms with Crippen molar-refractivity contribution in [3.05, 3.63) is 34.3 Å². The van der Waals surface area contributed by atoms with Gasteiger partial charge >= 0.3 is 0 Å². The quantitative estimate of drug-likeness (QED) is 0.834. The van der Waals surface area contributed by atoms with Crippen LogP contribution in [-0.4, -0.2) is 12.6 Å². The van der Waals surface area contributed by atoms with E-state index in [-0.39, 0.29) is 5.72 Å². The van der Waals surface area contributed by atoms with Crippen LogP contribution in [-0.2, 0) is 10.5 Å². The number of ether oxygens (including phenoxy) is 1. The van der Waals surface area contributed by atoms with Gasteiger partial charge in [-0.05, 0) is 19.9 Å². The molecule has 2 rings (SSSR count). The molecule has 1 heterocycles. The molecule has 2 nitrogen and oxygen atoms in total. The summed E-state index contributed by atoms with van der Waals surface area (Å²) in [5.41, 5.74) is 0.809. The monoisotopic (exact) mass is 255 g/mol. The van der Waals surface area contributed by atoms with Crippen molar-refractivity contribution in [1.29, 1.82) is 0 Å².